The summed E-state index contributed by atoms with van der Waals surface area (Å²) < 4.78 is 0. The number of rotatable bonds is 0. The molecule has 0 fully saturated rings. The predicted molar refractivity (Wildman–Crippen MR) is 26.9 cm³/mol. The molecule has 0 aromatic rings. The maximum absolute atomic E-state index is 0. The van der Waals surface area contributed by atoms with E-state index in [1.54, 1.807) is 0 Å². The summed E-state index contributed by atoms with van der Waals surface area (Å²) in [5.41, 5.74) is 0. The second-order valence-electron chi connectivity index (χ2n) is 0. The van der Waals surface area contributed by atoms with Gasteiger partial charge in [0.2, 0.25) is 0 Å². The van der Waals surface area contributed by atoms with Gasteiger partial charge in [-0.2, -0.15) is 0 Å². The van der Waals surface area contributed by atoms with E-state index < -0.39 is 0 Å². The summed E-state index contributed by atoms with van der Waals surface area (Å²) in [7, 11) is 0. The third-order valence-corrected chi connectivity index (χ3v) is 0. The Bertz CT molecular complexity index is 3.61. The van der Waals surface area contributed by atoms with Crippen LogP contribution in [0.2, 0.25) is 0 Å². The van der Waals surface area contributed by atoms with Crippen molar-refractivity contribution in [2.75, 3.05) is 0 Å². The largest absolute Gasteiger partial charge is 2.00 e. The van der Waals surface area contributed by atoms with Gasteiger partial charge in [0.15, 0.2) is 0 Å². The fraction of sp³-hybridized carbons (Fsp3) is 0. The van der Waals surface area contributed by atoms with Crippen molar-refractivity contribution in [2.24, 2.45) is 0 Å². The summed E-state index contributed by atoms with van der Waals surface area (Å²) >= 11 is 0. The molecule has 8 N–H and O–H groups in total. The molecule has 0 amide bonds. The van der Waals surface area contributed by atoms with E-state index in [1.165, 1.54) is 0 Å². The Labute approximate surface area is 69.3 Å². The molecule has 4 nitrogen and oxygen atoms in total. The Morgan fingerprint density at radius 1 is 0.400 bits per heavy atom. The first kappa shape index (κ1) is 103. The van der Waals surface area contributed by atoms with Crippen molar-refractivity contribution >= 4 is 45.5 Å². The molecule has 0 aliphatic rings. The number of hydrogen-bond donors (Lipinski definition) is 0. The van der Waals surface area contributed by atoms with Crippen LogP contribution >= 0.6 is 0 Å². The summed E-state index contributed by atoms with van der Waals surface area (Å²) in [6, 6.07) is 0. The van der Waals surface area contributed by atoms with E-state index in [-0.39, 0.29) is 70.1 Å². The topological polar surface area (TPSA) is 134 Å². The van der Waals surface area contributed by atoms with E-state index in [1.807, 2.05) is 0 Å². The van der Waals surface area contributed by atoms with Crippen molar-refractivity contribution in [3.05, 3.63) is 24.6 Å². The summed E-state index contributed by atoms with van der Waals surface area (Å²) in [4.78, 5) is 0. The monoisotopic (exact) mass is 152 g/mol. The van der Waals surface area contributed by atoms with Gasteiger partial charge in [0.05, 0.1) is 0 Å². The molecular weight excluding hydrogens is 144 g/mol. The SMILES string of the molecule is [NH2-].[NH2-].[NH2-].[NH2-].[Sr+2]. The molecular formula is H8N4Sr-2. The van der Waals surface area contributed by atoms with Crippen LogP contribution in [0.25, 0.3) is 24.6 Å². The Kier molecular flexibility index (Phi) is 1170. The third kappa shape index (κ3) is 33.6. The van der Waals surface area contributed by atoms with Crippen molar-refractivity contribution in [3.8, 4) is 0 Å². The molecule has 0 aromatic carbocycles. The van der Waals surface area contributed by atoms with Crippen LogP contribution in [-0.2, 0) is 0 Å². The van der Waals surface area contributed by atoms with E-state index in [2.05, 4.69) is 0 Å². The predicted octanol–water partition coefficient (Wildman–Crippen LogP) is 2.49. The van der Waals surface area contributed by atoms with Gasteiger partial charge in [-0.3, -0.25) is 0 Å². The minimum atomic E-state index is 0. The van der Waals surface area contributed by atoms with Crippen molar-refractivity contribution in [1.29, 1.82) is 0 Å². The molecule has 0 rings (SSSR count). The van der Waals surface area contributed by atoms with Crippen LogP contribution in [0.3, 0.4) is 0 Å². The van der Waals surface area contributed by atoms with Crippen LogP contribution in [0.1, 0.15) is 0 Å². The normalized spacial score (nSPS) is 0. The van der Waals surface area contributed by atoms with Crippen molar-refractivity contribution < 1.29 is 0 Å². The van der Waals surface area contributed by atoms with Crippen LogP contribution in [-0.4, -0.2) is 45.5 Å². The first-order valence-corrected chi connectivity index (χ1v) is 0. The molecule has 5 heavy (non-hydrogen) atoms. The third-order valence-electron chi connectivity index (χ3n) is 0. The van der Waals surface area contributed by atoms with Crippen LogP contribution < -0.4 is 0 Å². The maximum Gasteiger partial charge on any atom is 2.00 e. The van der Waals surface area contributed by atoms with Crippen LogP contribution in [0.4, 0.5) is 0 Å². The van der Waals surface area contributed by atoms with Gasteiger partial charge in [0, 0.05) is 0 Å². The molecule has 0 heterocycles. The van der Waals surface area contributed by atoms with Crippen LogP contribution in [0, 0.1) is 0 Å². The fourth-order valence-electron chi connectivity index (χ4n) is 0. The fourth-order valence-corrected chi connectivity index (χ4v) is 0. The maximum atomic E-state index is 0. The van der Waals surface area contributed by atoms with Gasteiger partial charge >= 0.3 is 45.5 Å². The van der Waals surface area contributed by atoms with Gasteiger partial charge in [-0.25, -0.2) is 0 Å². The summed E-state index contributed by atoms with van der Waals surface area (Å²) in [6.45, 7) is 0. The molecule has 0 unspecified atom stereocenters. The Hall–Kier alpha value is 1.32. The Balaban J connectivity index is 0. The molecule has 5 heteroatoms. The standard InChI is InChI=1S/4H2N.Sr/h4*1H2;/q4*-1;+2. The minimum absolute atomic E-state index is 0. The molecule has 0 aromatic heterocycles. The molecule has 0 radical (unpaired) electrons. The van der Waals surface area contributed by atoms with Crippen LogP contribution in [0.5, 0.6) is 0 Å². The number of nitrogens with two attached hydrogens (primary N) is 4. The summed E-state index contributed by atoms with van der Waals surface area (Å²) in [6.07, 6.45) is 0. The van der Waals surface area contributed by atoms with Gasteiger partial charge in [0.1, 0.15) is 0 Å². The first-order valence-electron chi connectivity index (χ1n) is 0. The quantitative estimate of drug-likeness (QED) is 0.471. The van der Waals surface area contributed by atoms with Gasteiger partial charge in [-0.05, 0) is 0 Å². The van der Waals surface area contributed by atoms with E-state index in [0.717, 1.165) is 0 Å². The summed E-state index contributed by atoms with van der Waals surface area (Å²) in [5, 5.41) is 0. The average Bonchev–Trinajstić information content (AvgIpc) is 0. The van der Waals surface area contributed by atoms with Crippen LogP contribution in [0.15, 0.2) is 0 Å². The van der Waals surface area contributed by atoms with E-state index in [9.17, 15) is 0 Å². The second-order valence-corrected chi connectivity index (χ2v) is 0. The van der Waals surface area contributed by atoms with Crippen molar-refractivity contribution in [1.82, 2.24) is 0 Å². The zero-order valence-corrected chi connectivity index (χ0v) is 6.49. The average molecular weight is 152 g/mol. The van der Waals surface area contributed by atoms with E-state index >= 15 is 0 Å². The Morgan fingerprint density at radius 2 is 0.400 bits per heavy atom. The van der Waals surface area contributed by atoms with Crippen molar-refractivity contribution in [2.45, 2.75) is 0 Å². The van der Waals surface area contributed by atoms with E-state index in [4.69, 9.17) is 0 Å². The molecule has 0 spiro atoms. The molecule has 0 aliphatic heterocycles. The molecule has 0 bridgehead atoms. The number of hydrogen-bond acceptors (Lipinski definition) is 0. The molecule has 0 atom stereocenters. The van der Waals surface area contributed by atoms with Gasteiger partial charge in [-0.1, -0.05) is 0 Å². The Morgan fingerprint density at radius 3 is 0.400 bits per heavy atom. The van der Waals surface area contributed by atoms with Gasteiger partial charge < -0.3 is 24.6 Å². The second kappa shape index (κ2) is 57.0. The minimum Gasteiger partial charge on any atom is -0.693 e. The molecule has 0 saturated carbocycles. The van der Waals surface area contributed by atoms with E-state index in [0.29, 0.717) is 0 Å². The summed E-state index contributed by atoms with van der Waals surface area (Å²) in [5.74, 6) is 0. The smallest absolute Gasteiger partial charge is 0.693 e. The molecule has 0 aliphatic carbocycles. The van der Waals surface area contributed by atoms with Gasteiger partial charge in [-0.15, -0.1) is 0 Å². The zero-order chi connectivity index (χ0) is 0. The molecule has 0 saturated heterocycles. The van der Waals surface area contributed by atoms with Gasteiger partial charge in [0.25, 0.3) is 0 Å². The van der Waals surface area contributed by atoms with Crippen molar-refractivity contribution in [3.63, 3.8) is 0 Å². The molecule has 32 valence electrons. The first-order chi connectivity index (χ1) is 0. The zero-order valence-electron chi connectivity index (χ0n) is 3.02.